The van der Waals surface area contributed by atoms with Gasteiger partial charge in [0.1, 0.15) is 27.5 Å². The maximum atomic E-state index is 12.0. The zero-order valence-electron chi connectivity index (χ0n) is 15.6. The van der Waals surface area contributed by atoms with Gasteiger partial charge in [0.25, 0.3) is 5.91 Å². The van der Waals surface area contributed by atoms with E-state index in [4.69, 9.17) is 20.2 Å². The summed E-state index contributed by atoms with van der Waals surface area (Å²) in [5.74, 6) is 1.03. The van der Waals surface area contributed by atoms with E-state index in [-0.39, 0.29) is 0 Å². The van der Waals surface area contributed by atoms with Crippen molar-refractivity contribution in [2.75, 3.05) is 14.2 Å². The molecule has 4 aromatic rings. The van der Waals surface area contributed by atoms with E-state index in [9.17, 15) is 4.79 Å². The molecular weight excluding hydrogens is 426 g/mol. The predicted octanol–water partition coefficient (Wildman–Crippen LogP) is 5.04. The highest BCUT2D eigenvalue weighted by Crippen LogP contribution is 2.42. The molecular formula is C20H17N3O3S3. The van der Waals surface area contributed by atoms with E-state index >= 15 is 0 Å². The number of aromatic amines is 1. The monoisotopic (exact) mass is 443 g/mol. The lowest BCUT2D eigenvalue weighted by molar-refractivity contribution is 0.0993. The third kappa shape index (κ3) is 4.21. The number of hydrogen-bond acceptors (Lipinski definition) is 7. The molecule has 0 atom stereocenters. The van der Waals surface area contributed by atoms with Gasteiger partial charge in [0.2, 0.25) is 0 Å². The molecule has 0 bridgehead atoms. The summed E-state index contributed by atoms with van der Waals surface area (Å²) >= 11 is 4.47. The number of thiazole rings is 1. The zero-order chi connectivity index (χ0) is 20.4. The van der Waals surface area contributed by atoms with Gasteiger partial charge in [0.15, 0.2) is 4.34 Å². The number of methoxy groups -OCH3 is 2. The summed E-state index contributed by atoms with van der Waals surface area (Å²) in [5.41, 5.74) is 6.69. The van der Waals surface area contributed by atoms with Crippen molar-refractivity contribution < 1.29 is 14.3 Å². The van der Waals surface area contributed by atoms with Crippen LogP contribution in [0.3, 0.4) is 0 Å². The molecule has 0 spiro atoms. The van der Waals surface area contributed by atoms with Crippen LogP contribution in [0.15, 0.2) is 67.6 Å². The molecule has 0 fully saturated rings. The minimum absolute atomic E-state index is 0.365. The number of rotatable bonds is 7. The van der Waals surface area contributed by atoms with Crippen molar-refractivity contribution in [3.63, 3.8) is 0 Å². The highest BCUT2D eigenvalue weighted by Gasteiger charge is 2.21. The smallest absolute Gasteiger partial charge is 0.266 e. The number of primary amides is 1. The van der Waals surface area contributed by atoms with E-state index in [2.05, 4.69) is 4.98 Å². The van der Waals surface area contributed by atoms with Crippen LogP contribution >= 0.6 is 34.9 Å². The number of amides is 1. The molecule has 6 nitrogen and oxygen atoms in total. The Morgan fingerprint density at radius 2 is 1.66 bits per heavy atom. The maximum absolute atomic E-state index is 12.0. The molecule has 148 valence electrons. The summed E-state index contributed by atoms with van der Waals surface area (Å²) in [6.07, 6.45) is 0. The summed E-state index contributed by atoms with van der Waals surface area (Å²) < 4.78 is 11.4. The van der Waals surface area contributed by atoms with Crippen LogP contribution < -0.4 is 15.2 Å². The molecule has 1 amide bonds. The summed E-state index contributed by atoms with van der Waals surface area (Å²) in [4.78, 5) is 23.3. The summed E-state index contributed by atoms with van der Waals surface area (Å²) in [6.45, 7) is 0. The first kappa shape index (κ1) is 19.7. The van der Waals surface area contributed by atoms with Gasteiger partial charge in [-0.25, -0.2) is 4.98 Å². The van der Waals surface area contributed by atoms with Crippen molar-refractivity contribution in [3.8, 4) is 11.5 Å². The number of aromatic nitrogens is 2. The van der Waals surface area contributed by atoms with Crippen LogP contribution in [0.25, 0.3) is 10.3 Å². The van der Waals surface area contributed by atoms with Gasteiger partial charge in [0, 0.05) is 9.79 Å². The van der Waals surface area contributed by atoms with Crippen LogP contribution in [-0.4, -0.2) is 30.1 Å². The minimum atomic E-state index is -0.511. The number of nitrogens with two attached hydrogens (primary N) is 1. The first-order valence-electron chi connectivity index (χ1n) is 8.53. The highest BCUT2D eigenvalue weighted by molar-refractivity contribution is 8.01. The fourth-order valence-corrected chi connectivity index (χ4v) is 5.89. The van der Waals surface area contributed by atoms with Crippen LogP contribution in [-0.2, 0) is 0 Å². The van der Waals surface area contributed by atoms with E-state index in [0.717, 1.165) is 40.9 Å². The van der Waals surface area contributed by atoms with Crippen molar-refractivity contribution in [2.24, 2.45) is 5.73 Å². The van der Waals surface area contributed by atoms with Crippen molar-refractivity contribution in [1.29, 1.82) is 0 Å². The number of H-pyrrole nitrogens is 1. The average molecular weight is 444 g/mol. The van der Waals surface area contributed by atoms with Gasteiger partial charge in [-0.2, -0.15) is 0 Å². The Hall–Kier alpha value is -2.62. The quantitative estimate of drug-likeness (QED) is 0.416. The van der Waals surface area contributed by atoms with Gasteiger partial charge in [0.05, 0.1) is 19.1 Å². The number of nitrogens with zero attached hydrogens (tertiary/aromatic N) is 1. The van der Waals surface area contributed by atoms with Gasteiger partial charge in [-0.3, -0.25) is 4.79 Å². The summed E-state index contributed by atoms with van der Waals surface area (Å²) in [5, 5.41) is 0. The Labute approximate surface area is 179 Å². The number of hydrogen-bond donors (Lipinski definition) is 2. The molecule has 2 aromatic heterocycles. The number of ether oxygens (including phenoxy) is 2. The topological polar surface area (TPSA) is 90.2 Å². The van der Waals surface area contributed by atoms with Crippen LogP contribution in [0.2, 0.25) is 0 Å². The van der Waals surface area contributed by atoms with Gasteiger partial charge >= 0.3 is 0 Å². The molecule has 2 heterocycles. The first-order chi connectivity index (χ1) is 14.1. The Kier molecular flexibility index (Phi) is 5.70. The molecule has 0 aliphatic rings. The molecule has 0 saturated carbocycles. The molecule has 2 aromatic carbocycles. The van der Waals surface area contributed by atoms with Crippen molar-refractivity contribution in [2.45, 2.75) is 19.0 Å². The SMILES string of the molecule is COc1cccc(Sc2nc3c(Sc4cccc(OC)c4)c(C(N)=O)[nH]c3s2)c1. The molecule has 0 unspecified atom stereocenters. The maximum Gasteiger partial charge on any atom is 0.266 e. The van der Waals surface area contributed by atoms with Crippen LogP contribution in [0.1, 0.15) is 10.5 Å². The largest absolute Gasteiger partial charge is 0.497 e. The standard InChI is InChI=1S/C20H17N3O3S3/c1-25-11-5-3-7-13(9-11)27-17-15(18(21)24)22-19-16(17)23-20(29-19)28-14-8-4-6-12(10-14)26-2/h3-10,22H,1-2H3,(H2,21,24). The molecule has 0 radical (unpaired) electrons. The molecule has 3 N–H and O–H groups in total. The van der Waals surface area contributed by atoms with Gasteiger partial charge in [-0.05, 0) is 36.4 Å². The Balaban J connectivity index is 1.70. The van der Waals surface area contributed by atoms with Gasteiger partial charge in [-0.1, -0.05) is 47.0 Å². The van der Waals surface area contributed by atoms with E-state index in [1.54, 1.807) is 26.0 Å². The number of nitrogens with one attached hydrogen (secondary N) is 1. The zero-order valence-corrected chi connectivity index (χ0v) is 18.0. The summed E-state index contributed by atoms with van der Waals surface area (Å²) in [7, 11) is 3.26. The fourth-order valence-electron chi connectivity index (χ4n) is 2.69. The van der Waals surface area contributed by atoms with Gasteiger partial charge in [-0.15, -0.1) is 0 Å². The normalized spacial score (nSPS) is 11.0. The molecule has 29 heavy (non-hydrogen) atoms. The third-order valence-electron chi connectivity index (χ3n) is 4.04. The van der Waals surface area contributed by atoms with Crippen LogP contribution in [0, 0.1) is 0 Å². The number of carbonyl (C=O) groups excluding carboxylic acids is 1. The molecule has 9 heteroatoms. The lowest BCUT2D eigenvalue weighted by Crippen LogP contribution is -2.12. The second-order valence-corrected chi connectivity index (χ2v) is 9.32. The van der Waals surface area contributed by atoms with Gasteiger partial charge < -0.3 is 20.2 Å². The lowest BCUT2D eigenvalue weighted by Gasteiger charge is -2.05. The van der Waals surface area contributed by atoms with Crippen molar-refractivity contribution in [3.05, 3.63) is 54.2 Å². The molecule has 0 aliphatic carbocycles. The Bertz CT molecular complexity index is 1190. The average Bonchev–Trinajstić information content (AvgIpc) is 3.26. The van der Waals surface area contributed by atoms with Crippen LogP contribution in [0.5, 0.6) is 11.5 Å². The van der Waals surface area contributed by atoms with E-state index in [1.165, 1.54) is 23.1 Å². The van der Waals surface area contributed by atoms with Crippen molar-refractivity contribution in [1.82, 2.24) is 9.97 Å². The fraction of sp³-hybridized carbons (Fsp3) is 0.100. The number of carbonyl (C=O) groups is 1. The highest BCUT2D eigenvalue weighted by atomic mass is 32.2. The second-order valence-electron chi connectivity index (χ2n) is 5.91. The van der Waals surface area contributed by atoms with E-state index < -0.39 is 5.91 Å². The molecule has 0 saturated heterocycles. The molecule has 0 aliphatic heterocycles. The number of fused-ring (bicyclic) bond motifs is 1. The van der Waals surface area contributed by atoms with E-state index in [0.29, 0.717) is 5.69 Å². The van der Waals surface area contributed by atoms with Crippen molar-refractivity contribution >= 4 is 51.1 Å². The first-order valence-corrected chi connectivity index (χ1v) is 11.0. The van der Waals surface area contributed by atoms with Crippen LogP contribution in [0.4, 0.5) is 0 Å². The Morgan fingerprint density at radius 1 is 1.03 bits per heavy atom. The third-order valence-corrected chi connectivity index (χ3v) is 7.15. The number of benzene rings is 2. The van der Waals surface area contributed by atoms with E-state index in [1.807, 2.05) is 48.5 Å². The second kappa shape index (κ2) is 8.40. The summed E-state index contributed by atoms with van der Waals surface area (Å²) in [6, 6.07) is 15.4. The molecule has 4 rings (SSSR count). The Morgan fingerprint density at radius 3 is 2.24 bits per heavy atom. The predicted molar refractivity (Wildman–Crippen MR) is 117 cm³/mol. The minimum Gasteiger partial charge on any atom is -0.497 e. The lowest BCUT2D eigenvalue weighted by atomic mass is 10.3.